The van der Waals surface area contributed by atoms with Crippen LogP contribution in [0.15, 0.2) is 0 Å². The number of ether oxygens (including phenoxy) is 1. The molecule has 0 radical (unpaired) electrons. The molecule has 1 amide bonds. The van der Waals surface area contributed by atoms with Crippen LogP contribution in [0.5, 0.6) is 0 Å². The summed E-state index contributed by atoms with van der Waals surface area (Å²) in [6.45, 7) is 3.03. The van der Waals surface area contributed by atoms with E-state index in [0.717, 1.165) is 6.42 Å². The first-order valence-corrected chi connectivity index (χ1v) is 8.18. The zero-order chi connectivity index (χ0) is 13.0. The summed E-state index contributed by atoms with van der Waals surface area (Å²) in [4.78, 5) is 13.8. The minimum absolute atomic E-state index is 0.0232. The molecule has 2 rings (SSSR count). The van der Waals surface area contributed by atoms with Crippen molar-refractivity contribution >= 4 is 15.7 Å². The van der Waals surface area contributed by atoms with Gasteiger partial charge in [0.15, 0.2) is 9.84 Å². The number of nitrogens with one attached hydrogen (secondary N) is 1. The minimum Gasteiger partial charge on any atom is -0.380 e. The fraction of sp³-hybridized carbons (Fsp3) is 0.909. The first-order chi connectivity index (χ1) is 8.57. The maximum atomic E-state index is 12.1. The summed E-state index contributed by atoms with van der Waals surface area (Å²) in [5.41, 5.74) is 0. The van der Waals surface area contributed by atoms with Crippen LogP contribution in [0.1, 0.15) is 12.8 Å². The number of carbonyl (C=O) groups excluding carboxylic acids is 1. The van der Waals surface area contributed by atoms with E-state index in [1.165, 1.54) is 0 Å². The van der Waals surface area contributed by atoms with Crippen molar-refractivity contribution in [2.45, 2.75) is 18.9 Å². The van der Waals surface area contributed by atoms with E-state index in [-0.39, 0.29) is 29.9 Å². The van der Waals surface area contributed by atoms with E-state index in [1.54, 1.807) is 4.90 Å². The highest BCUT2D eigenvalue weighted by Crippen LogP contribution is 2.08. The zero-order valence-corrected chi connectivity index (χ0v) is 11.2. The van der Waals surface area contributed by atoms with Crippen LogP contribution < -0.4 is 5.32 Å². The summed E-state index contributed by atoms with van der Waals surface area (Å²) >= 11 is 0. The highest BCUT2D eigenvalue weighted by molar-refractivity contribution is 7.91. The Bertz CT molecular complexity index is 388. The molecule has 2 aliphatic rings. The first-order valence-electron chi connectivity index (χ1n) is 6.36. The number of nitrogens with zero attached hydrogens (tertiary/aromatic N) is 1. The molecule has 0 saturated carbocycles. The molecule has 1 atom stereocenters. The van der Waals surface area contributed by atoms with Crippen LogP contribution in [0.2, 0.25) is 0 Å². The molecule has 7 heteroatoms. The number of hydrogen-bond donors (Lipinski definition) is 1. The average molecular weight is 276 g/mol. The van der Waals surface area contributed by atoms with Gasteiger partial charge >= 0.3 is 0 Å². The van der Waals surface area contributed by atoms with Crippen molar-refractivity contribution in [3.63, 3.8) is 0 Å². The van der Waals surface area contributed by atoms with Gasteiger partial charge in [0.25, 0.3) is 0 Å². The SMILES string of the molecule is O=C(CC1CS(=O)(=O)CCN1)N1CCCOCC1. The third-order valence-electron chi connectivity index (χ3n) is 3.30. The topological polar surface area (TPSA) is 75.7 Å². The molecule has 1 unspecified atom stereocenters. The summed E-state index contributed by atoms with van der Waals surface area (Å²) in [5, 5.41) is 3.10. The van der Waals surface area contributed by atoms with Crippen LogP contribution in [0.4, 0.5) is 0 Å². The van der Waals surface area contributed by atoms with Crippen molar-refractivity contribution in [2.75, 3.05) is 44.4 Å². The van der Waals surface area contributed by atoms with Crippen molar-refractivity contribution < 1.29 is 17.9 Å². The van der Waals surface area contributed by atoms with Gasteiger partial charge in [0.1, 0.15) is 0 Å². The molecular formula is C11H20N2O4S. The van der Waals surface area contributed by atoms with Gasteiger partial charge in [-0.3, -0.25) is 4.79 Å². The lowest BCUT2D eigenvalue weighted by Crippen LogP contribution is -2.48. The minimum atomic E-state index is -2.97. The highest BCUT2D eigenvalue weighted by Gasteiger charge is 2.27. The van der Waals surface area contributed by atoms with Gasteiger partial charge in [-0.05, 0) is 6.42 Å². The van der Waals surface area contributed by atoms with E-state index in [4.69, 9.17) is 4.74 Å². The quantitative estimate of drug-likeness (QED) is 0.701. The van der Waals surface area contributed by atoms with Gasteiger partial charge in [0, 0.05) is 38.7 Å². The van der Waals surface area contributed by atoms with Crippen LogP contribution >= 0.6 is 0 Å². The van der Waals surface area contributed by atoms with Crippen molar-refractivity contribution in [1.82, 2.24) is 10.2 Å². The Balaban J connectivity index is 1.86. The lowest BCUT2D eigenvalue weighted by Gasteiger charge is -2.26. The maximum Gasteiger partial charge on any atom is 0.224 e. The van der Waals surface area contributed by atoms with Gasteiger partial charge in [-0.15, -0.1) is 0 Å². The second kappa shape index (κ2) is 5.99. The number of amides is 1. The summed E-state index contributed by atoms with van der Waals surface area (Å²) in [5.74, 6) is 0.272. The molecule has 0 aliphatic carbocycles. The Labute approximate surface area is 108 Å². The smallest absolute Gasteiger partial charge is 0.224 e. The normalized spacial score (nSPS) is 28.7. The molecule has 0 aromatic carbocycles. The Morgan fingerprint density at radius 3 is 2.94 bits per heavy atom. The van der Waals surface area contributed by atoms with Gasteiger partial charge in [-0.2, -0.15) is 0 Å². The average Bonchev–Trinajstić information content (AvgIpc) is 2.55. The molecule has 0 aromatic heterocycles. The molecule has 2 aliphatic heterocycles. The van der Waals surface area contributed by atoms with Crippen LogP contribution in [-0.2, 0) is 19.4 Å². The third-order valence-corrected chi connectivity index (χ3v) is 5.03. The maximum absolute atomic E-state index is 12.1. The lowest BCUT2D eigenvalue weighted by molar-refractivity contribution is -0.131. The van der Waals surface area contributed by atoms with Gasteiger partial charge in [-0.25, -0.2) is 8.42 Å². The van der Waals surface area contributed by atoms with Gasteiger partial charge in [0.2, 0.25) is 5.91 Å². The highest BCUT2D eigenvalue weighted by atomic mass is 32.2. The molecule has 2 heterocycles. The molecule has 18 heavy (non-hydrogen) atoms. The van der Waals surface area contributed by atoms with E-state index >= 15 is 0 Å². The van der Waals surface area contributed by atoms with E-state index in [0.29, 0.717) is 32.8 Å². The first kappa shape index (κ1) is 13.8. The fourth-order valence-electron chi connectivity index (χ4n) is 2.33. The van der Waals surface area contributed by atoms with Crippen molar-refractivity contribution in [1.29, 1.82) is 0 Å². The number of sulfone groups is 1. The lowest BCUT2D eigenvalue weighted by atomic mass is 10.2. The molecule has 0 aromatic rings. The van der Waals surface area contributed by atoms with E-state index < -0.39 is 9.84 Å². The standard InChI is InChI=1S/C11H20N2O4S/c14-11(13-3-1-5-17-6-4-13)8-10-9-18(15,16)7-2-12-10/h10,12H,1-9H2. The Kier molecular flexibility index (Phi) is 4.58. The molecule has 104 valence electrons. The molecule has 0 bridgehead atoms. The van der Waals surface area contributed by atoms with Crippen molar-refractivity contribution in [3.8, 4) is 0 Å². The second-order valence-electron chi connectivity index (χ2n) is 4.82. The Hall–Kier alpha value is -0.660. The second-order valence-corrected chi connectivity index (χ2v) is 7.04. The van der Waals surface area contributed by atoms with E-state index in [2.05, 4.69) is 5.32 Å². The van der Waals surface area contributed by atoms with Crippen LogP contribution in [0, 0.1) is 0 Å². The summed E-state index contributed by atoms with van der Waals surface area (Å²) in [6, 6.07) is -0.236. The number of hydrogen-bond acceptors (Lipinski definition) is 5. The van der Waals surface area contributed by atoms with Crippen LogP contribution in [0.3, 0.4) is 0 Å². The fourth-order valence-corrected chi connectivity index (χ4v) is 3.78. The largest absolute Gasteiger partial charge is 0.380 e. The summed E-state index contributed by atoms with van der Waals surface area (Å²) in [7, 11) is -2.97. The Morgan fingerprint density at radius 1 is 1.33 bits per heavy atom. The van der Waals surface area contributed by atoms with Crippen molar-refractivity contribution in [2.24, 2.45) is 0 Å². The van der Waals surface area contributed by atoms with Gasteiger partial charge in [-0.1, -0.05) is 0 Å². The molecule has 2 saturated heterocycles. The van der Waals surface area contributed by atoms with Crippen LogP contribution in [-0.4, -0.2) is 69.6 Å². The monoisotopic (exact) mass is 276 g/mol. The van der Waals surface area contributed by atoms with Crippen molar-refractivity contribution in [3.05, 3.63) is 0 Å². The van der Waals surface area contributed by atoms with Gasteiger partial charge in [0.05, 0.1) is 18.1 Å². The molecular weight excluding hydrogens is 256 g/mol. The Morgan fingerprint density at radius 2 is 2.17 bits per heavy atom. The van der Waals surface area contributed by atoms with Crippen LogP contribution in [0.25, 0.3) is 0 Å². The van der Waals surface area contributed by atoms with Gasteiger partial charge < -0.3 is 15.0 Å². The number of carbonyl (C=O) groups is 1. The van der Waals surface area contributed by atoms with E-state index in [1.807, 2.05) is 0 Å². The molecule has 0 spiro atoms. The molecule has 6 nitrogen and oxygen atoms in total. The molecule has 1 N–H and O–H groups in total. The number of rotatable bonds is 2. The third kappa shape index (κ3) is 3.93. The summed E-state index contributed by atoms with van der Waals surface area (Å²) < 4.78 is 28.3. The summed E-state index contributed by atoms with van der Waals surface area (Å²) in [6.07, 6.45) is 1.11. The predicted octanol–water partition coefficient (Wildman–Crippen LogP) is -0.988. The van der Waals surface area contributed by atoms with E-state index in [9.17, 15) is 13.2 Å². The predicted molar refractivity (Wildman–Crippen MR) is 67.1 cm³/mol. The zero-order valence-electron chi connectivity index (χ0n) is 10.4. The molecule has 2 fully saturated rings.